The Hall–Kier alpha value is -1.06. The summed E-state index contributed by atoms with van der Waals surface area (Å²) in [6.45, 7) is 1.01. The first-order valence-corrected chi connectivity index (χ1v) is 6.83. The van der Waals surface area contributed by atoms with E-state index in [2.05, 4.69) is 5.32 Å². The molecule has 2 amide bonds. The van der Waals surface area contributed by atoms with Crippen LogP contribution in [0.15, 0.2) is 0 Å². The largest absolute Gasteiger partial charge is 0.352 e. The lowest BCUT2D eigenvalue weighted by molar-refractivity contribution is -0.138. The summed E-state index contributed by atoms with van der Waals surface area (Å²) < 4.78 is 0. The van der Waals surface area contributed by atoms with Crippen LogP contribution in [0.3, 0.4) is 0 Å². The molecule has 1 saturated heterocycles. The number of carbonyl (C=O) groups excluding carboxylic acids is 2. The Morgan fingerprint density at radius 3 is 2.65 bits per heavy atom. The van der Waals surface area contributed by atoms with Crippen molar-refractivity contribution in [3.05, 3.63) is 0 Å². The van der Waals surface area contributed by atoms with Gasteiger partial charge in [0.2, 0.25) is 11.8 Å². The van der Waals surface area contributed by atoms with Gasteiger partial charge in [0, 0.05) is 19.0 Å². The van der Waals surface area contributed by atoms with E-state index in [1.807, 2.05) is 0 Å². The van der Waals surface area contributed by atoms with E-state index in [9.17, 15) is 9.59 Å². The molecular weight excluding hydrogens is 216 g/mol. The fraction of sp³-hybridized carbons (Fsp3) is 0.846. The number of piperidine rings is 1. The zero-order valence-corrected chi connectivity index (χ0v) is 10.4. The van der Waals surface area contributed by atoms with Crippen LogP contribution in [0.25, 0.3) is 0 Å². The van der Waals surface area contributed by atoms with Crippen LogP contribution in [0.1, 0.15) is 51.4 Å². The molecule has 0 aromatic heterocycles. The molecule has 0 bridgehead atoms. The first-order valence-electron chi connectivity index (χ1n) is 6.83. The Balaban J connectivity index is 1.74. The minimum Gasteiger partial charge on any atom is -0.352 e. The molecule has 0 aromatic rings. The number of carbonyl (C=O) groups is 2. The molecule has 2 fully saturated rings. The second kappa shape index (κ2) is 6.03. The second-order valence-electron chi connectivity index (χ2n) is 5.17. The van der Waals surface area contributed by atoms with Crippen LogP contribution in [0.2, 0.25) is 0 Å². The summed E-state index contributed by atoms with van der Waals surface area (Å²) in [5.41, 5.74) is 0. The molecule has 1 aliphatic heterocycles. The van der Waals surface area contributed by atoms with E-state index in [1.165, 1.54) is 19.3 Å². The van der Waals surface area contributed by atoms with E-state index in [0.29, 0.717) is 12.5 Å². The molecule has 2 rings (SSSR count). The van der Waals surface area contributed by atoms with Gasteiger partial charge in [-0.05, 0) is 25.7 Å². The summed E-state index contributed by atoms with van der Waals surface area (Å²) in [5, 5.41) is 3.05. The summed E-state index contributed by atoms with van der Waals surface area (Å²) in [7, 11) is 0. The van der Waals surface area contributed by atoms with Gasteiger partial charge in [0.15, 0.2) is 0 Å². The number of likely N-dealkylation sites (tertiary alicyclic amines) is 1. The molecule has 0 aromatic carbocycles. The molecule has 1 saturated carbocycles. The molecule has 0 atom stereocenters. The van der Waals surface area contributed by atoms with E-state index in [-0.39, 0.29) is 18.4 Å². The highest BCUT2D eigenvalue weighted by Gasteiger charge is 2.22. The van der Waals surface area contributed by atoms with Crippen molar-refractivity contribution in [3.63, 3.8) is 0 Å². The number of hydrogen-bond acceptors (Lipinski definition) is 2. The number of rotatable bonds is 3. The van der Waals surface area contributed by atoms with Crippen molar-refractivity contribution in [2.45, 2.75) is 57.4 Å². The summed E-state index contributed by atoms with van der Waals surface area (Å²) in [6, 6.07) is 0.344. The van der Waals surface area contributed by atoms with Gasteiger partial charge in [-0.3, -0.25) is 9.59 Å². The van der Waals surface area contributed by atoms with E-state index in [1.54, 1.807) is 4.90 Å². The summed E-state index contributed by atoms with van der Waals surface area (Å²) in [4.78, 5) is 25.1. The fourth-order valence-corrected chi connectivity index (χ4v) is 2.72. The van der Waals surface area contributed by atoms with Crippen molar-refractivity contribution in [1.82, 2.24) is 10.2 Å². The molecule has 0 spiro atoms. The van der Waals surface area contributed by atoms with Crippen LogP contribution >= 0.6 is 0 Å². The molecule has 1 heterocycles. The first-order chi connectivity index (χ1) is 8.25. The van der Waals surface area contributed by atoms with Crippen LogP contribution < -0.4 is 5.32 Å². The molecule has 4 heteroatoms. The van der Waals surface area contributed by atoms with E-state index < -0.39 is 0 Å². The van der Waals surface area contributed by atoms with Crippen LogP contribution in [0, 0.1) is 0 Å². The maximum absolute atomic E-state index is 11.8. The second-order valence-corrected chi connectivity index (χ2v) is 5.17. The lowest BCUT2D eigenvalue weighted by atomic mass is 9.95. The maximum atomic E-state index is 11.8. The van der Waals surface area contributed by atoms with E-state index in [4.69, 9.17) is 0 Å². The maximum Gasteiger partial charge on any atom is 0.239 e. The minimum atomic E-state index is 0.0205. The lowest BCUT2D eigenvalue weighted by Crippen LogP contribution is -2.46. The lowest BCUT2D eigenvalue weighted by Gasteiger charge is -2.28. The number of amides is 2. The van der Waals surface area contributed by atoms with Gasteiger partial charge in [0.05, 0.1) is 6.54 Å². The Morgan fingerprint density at radius 2 is 1.94 bits per heavy atom. The number of nitrogens with zero attached hydrogens (tertiary/aromatic N) is 1. The molecular formula is C13H22N2O2. The molecule has 4 nitrogen and oxygen atoms in total. The summed E-state index contributed by atoms with van der Waals surface area (Å²) in [6.07, 6.45) is 8.52. The quantitative estimate of drug-likeness (QED) is 0.809. The number of hydrogen-bond donors (Lipinski definition) is 1. The predicted molar refractivity (Wildman–Crippen MR) is 65.4 cm³/mol. The Kier molecular flexibility index (Phi) is 4.40. The van der Waals surface area contributed by atoms with Crippen LogP contribution in [-0.4, -0.2) is 35.8 Å². The third-order valence-electron chi connectivity index (χ3n) is 3.73. The highest BCUT2D eigenvalue weighted by atomic mass is 16.2. The normalized spacial score (nSPS) is 22.6. The van der Waals surface area contributed by atoms with Gasteiger partial charge in [-0.2, -0.15) is 0 Å². The van der Waals surface area contributed by atoms with E-state index in [0.717, 1.165) is 32.2 Å². The predicted octanol–water partition coefficient (Wildman–Crippen LogP) is 1.45. The van der Waals surface area contributed by atoms with Crippen LogP contribution in [-0.2, 0) is 9.59 Å². The third-order valence-corrected chi connectivity index (χ3v) is 3.73. The monoisotopic (exact) mass is 238 g/mol. The summed E-state index contributed by atoms with van der Waals surface area (Å²) in [5.74, 6) is 0.155. The topological polar surface area (TPSA) is 49.4 Å². The zero-order valence-electron chi connectivity index (χ0n) is 10.4. The average molecular weight is 238 g/mol. The average Bonchev–Trinajstić information content (AvgIpc) is 2.33. The summed E-state index contributed by atoms with van der Waals surface area (Å²) >= 11 is 0. The van der Waals surface area contributed by atoms with Crippen LogP contribution in [0.5, 0.6) is 0 Å². The molecule has 17 heavy (non-hydrogen) atoms. The van der Waals surface area contributed by atoms with Crippen LogP contribution in [0.4, 0.5) is 0 Å². The van der Waals surface area contributed by atoms with Gasteiger partial charge in [0.25, 0.3) is 0 Å². The molecule has 0 radical (unpaired) electrons. The zero-order chi connectivity index (χ0) is 12.1. The smallest absolute Gasteiger partial charge is 0.239 e. The van der Waals surface area contributed by atoms with Gasteiger partial charge in [-0.15, -0.1) is 0 Å². The van der Waals surface area contributed by atoms with Crippen molar-refractivity contribution in [3.8, 4) is 0 Å². The third kappa shape index (κ3) is 3.72. The Morgan fingerprint density at radius 1 is 1.18 bits per heavy atom. The van der Waals surface area contributed by atoms with Crippen molar-refractivity contribution < 1.29 is 9.59 Å². The Bertz CT molecular complexity index is 285. The molecule has 96 valence electrons. The molecule has 1 aliphatic carbocycles. The minimum absolute atomic E-state index is 0.0205. The highest BCUT2D eigenvalue weighted by Crippen LogP contribution is 2.17. The van der Waals surface area contributed by atoms with Gasteiger partial charge >= 0.3 is 0 Å². The fourth-order valence-electron chi connectivity index (χ4n) is 2.72. The van der Waals surface area contributed by atoms with Crippen molar-refractivity contribution in [1.29, 1.82) is 0 Å². The SMILES string of the molecule is O=C(CN1CCCCC1=O)NC1CCCCC1. The number of nitrogens with one attached hydrogen (secondary N) is 1. The van der Waals surface area contributed by atoms with Gasteiger partial charge in [-0.1, -0.05) is 19.3 Å². The highest BCUT2D eigenvalue weighted by molar-refractivity contribution is 5.85. The van der Waals surface area contributed by atoms with Crippen molar-refractivity contribution in [2.75, 3.05) is 13.1 Å². The molecule has 0 unspecified atom stereocenters. The Labute approximate surface area is 103 Å². The van der Waals surface area contributed by atoms with Crippen molar-refractivity contribution >= 4 is 11.8 Å². The van der Waals surface area contributed by atoms with Gasteiger partial charge < -0.3 is 10.2 Å². The van der Waals surface area contributed by atoms with E-state index >= 15 is 0 Å². The van der Waals surface area contributed by atoms with Gasteiger partial charge in [0.1, 0.15) is 0 Å². The molecule has 2 aliphatic rings. The van der Waals surface area contributed by atoms with Gasteiger partial charge in [-0.25, -0.2) is 0 Å². The first kappa shape index (κ1) is 12.4. The molecule has 1 N–H and O–H groups in total. The standard InChI is InChI=1S/C13H22N2O2/c16-12(14-11-6-2-1-3-7-11)10-15-9-5-4-8-13(15)17/h11H,1-10H2,(H,14,16). The van der Waals surface area contributed by atoms with Crippen molar-refractivity contribution in [2.24, 2.45) is 0 Å².